The Morgan fingerprint density at radius 1 is 1.47 bits per heavy atom. The molecule has 0 atom stereocenters. The van der Waals surface area contributed by atoms with Crippen molar-refractivity contribution in [1.82, 2.24) is 0 Å². The van der Waals surface area contributed by atoms with Crippen molar-refractivity contribution in [3.8, 4) is 5.75 Å². The number of methoxy groups -OCH3 is 1. The lowest BCUT2D eigenvalue weighted by Crippen LogP contribution is -2.13. The monoisotopic (exact) mass is 218 g/mol. The van der Waals surface area contributed by atoms with Crippen LogP contribution in [0.25, 0.3) is 0 Å². The maximum Gasteiger partial charge on any atom is 0.337 e. The summed E-state index contributed by atoms with van der Waals surface area (Å²) in [6.45, 7) is 0. The average Bonchev–Trinajstić information content (AvgIpc) is 3.04. The molecule has 0 N–H and O–H groups in total. The molecule has 1 aromatic carbocycles. The summed E-state index contributed by atoms with van der Waals surface area (Å²) in [5.74, 6) is 0.506. The summed E-state index contributed by atoms with van der Waals surface area (Å²) in [6, 6.07) is 5.29. The molecule has 2 radical (unpaired) electrons. The van der Waals surface area contributed by atoms with E-state index in [0.717, 1.165) is 23.0 Å². The van der Waals surface area contributed by atoms with Crippen LogP contribution in [0.3, 0.4) is 0 Å². The van der Waals surface area contributed by atoms with Crippen LogP contribution in [0.2, 0.25) is 0 Å². The van der Waals surface area contributed by atoms with Crippen molar-refractivity contribution >= 4 is 26.7 Å². The molecule has 2 rings (SSSR count). The smallest absolute Gasteiger partial charge is 0.337 e. The normalized spacial score (nSPS) is 14.7. The molecule has 0 aliphatic heterocycles. The van der Waals surface area contributed by atoms with Crippen molar-refractivity contribution < 1.29 is 14.3 Å². The second-order valence-electron chi connectivity index (χ2n) is 3.56. The zero-order valence-corrected chi connectivity index (χ0v) is 9.68. The zero-order valence-electron chi connectivity index (χ0n) is 8.53. The van der Waals surface area contributed by atoms with Gasteiger partial charge in [0.05, 0.1) is 18.8 Å². The van der Waals surface area contributed by atoms with E-state index in [2.05, 4.69) is 21.0 Å². The molecule has 0 unspecified atom stereocenters. The van der Waals surface area contributed by atoms with E-state index < -0.39 is 0 Å². The molecule has 4 heteroatoms. The van der Waals surface area contributed by atoms with Gasteiger partial charge in [-0.25, -0.2) is 4.79 Å². The first-order chi connectivity index (χ1) is 7.20. The highest BCUT2D eigenvalue weighted by Gasteiger charge is 2.23. The molecule has 1 aliphatic carbocycles. The minimum Gasteiger partial charge on any atom is -0.492 e. The van der Waals surface area contributed by atoms with Crippen molar-refractivity contribution in [3.05, 3.63) is 23.8 Å². The number of carbonyl (C=O) groups is 1. The van der Waals surface area contributed by atoms with E-state index in [0.29, 0.717) is 11.7 Å². The molecule has 0 aromatic heterocycles. The van der Waals surface area contributed by atoms with E-state index in [1.54, 1.807) is 12.1 Å². The predicted octanol–water partition coefficient (Wildman–Crippen LogP) is 0.808. The third kappa shape index (κ3) is 2.53. The van der Waals surface area contributed by atoms with Crippen LogP contribution in [-0.2, 0) is 4.74 Å². The van der Waals surface area contributed by atoms with Gasteiger partial charge in [0.1, 0.15) is 5.75 Å². The molecular weight excluding hydrogens is 207 g/mol. The van der Waals surface area contributed by atoms with Crippen LogP contribution in [0.15, 0.2) is 18.2 Å². The fraction of sp³-hybridized carbons (Fsp3) is 0.364. The molecule has 0 amide bonds. The minimum atomic E-state index is -0.323. The van der Waals surface area contributed by atoms with Crippen LogP contribution in [0, 0.1) is 0 Å². The lowest BCUT2D eigenvalue weighted by atomic mass is 10.2. The van der Waals surface area contributed by atoms with E-state index in [-0.39, 0.29) is 5.97 Å². The lowest BCUT2D eigenvalue weighted by molar-refractivity contribution is 0.0601. The van der Waals surface area contributed by atoms with Crippen LogP contribution in [0.4, 0.5) is 0 Å². The van der Waals surface area contributed by atoms with Gasteiger partial charge in [-0.3, -0.25) is 0 Å². The van der Waals surface area contributed by atoms with Gasteiger partial charge in [-0.15, -0.1) is 0 Å². The van der Waals surface area contributed by atoms with Crippen molar-refractivity contribution in [1.29, 1.82) is 0 Å². The molecule has 15 heavy (non-hydrogen) atoms. The van der Waals surface area contributed by atoms with Crippen molar-refractivity contribution in [2.75, 3.05) is 7.11 Å². The maximum atomic E-state index is 11.2. The summed E-state index contributed by atoms with van der Waals surface area (Å²) < 4.78 is 11.2. The molecule has 0 bridgehead atoms. The summed E-state index contributed by atoms with van der Waals surface area (Å²) in [5.41, 5.74) is 0.547. The molecule has 0 spiro atoms. The first kappa shape index (κ1) is 10.5. The fourth-order valence-electron chi connectivity index (χ4n) is 1.27. The molecule has 1 saturated carbocycles. The van der Waals surface area contributed by atoms with Crippen molar-refractivity contribution in [2.45, 2.75) is 18.9 Å². The summed E-state index contributed by atoms with van der Waals surface area (Å²) >= 11 is 2.57. The van der Waals surface area contributed by atoms with Gasteiger partial charge in [0.25, 0.3) is 0 Å². The van der Waals surface area contributed by atoms with Gasteiger partial charge in [0, 0.05) is 0 Å². The minimum absolute atomic E-state index is 0.323. The van der Waals surface area contributed by atoms with Crippen LogP contribution in [0.1, 0.15) is 23.2 Å². The Balaban J connectivity index is 2.17. The third-order valence-electron chi connectivity index (χ3n) is 2.25. The first-order valence-electron chi connectivity index (χ1n) is 4.85. The Bertz CT molecular complexity index is 385. The van der Waals surface area contributed by atoms with Gasteiger partial charge in [-0.2, -0.15) is 0 Å². The van der Waals surface area contributed by atoms with E-state index >= 15 is 0 Å². The van der Waals surface area contributed by atoms with Crippen LogP contribution >= 0.6 is 0 Å². The quantitative estimate of drug-likeness (QED) is 0.556. The predicted molar refractivity (Wildman–Crippen MR) is 56.8 cm³/mol. The maximum absolute atomic E-state index is 11.2. The average molecular weight is 218 g/mol. The van der Waals surface area contributed by atoms with Crippen LogP contribution in [-0.4, -0.2) is 35.5 Å². The fourth-order valence-corrected chi connectivity index (χ4v) is 1.61. The molecule has 0 saturated heterocycles. The highest BCUT2D eigenvalue weighted by Crippen LogP contribution is 2.25. The Labute approximate surface area is 96.8 Å². The van der Waals surface area contributed by atoms with Crippen LogP contribution in [0.5, 0.6) is 5.75 Å². The van der Waals surface area contributed by atoms with E-state index in [9.17, 15) is 4.79 Å². The van der Waals surface area contributed by atoms with Crippen molar-refractivity contribution in [2.24, 2.45) is 0 Å². The van der Waals surface area contributed by atoms with E-state index in [4.69, 9.17) is 4.74 Å². The topological polar surface area (TPSA) is 35.5 Å². The van der Waals surface area contributed by atoms with Gasteiger partial charge in [0.15, 0.2) is 16.3 Å². The number of carbonyl (C=O) groups excluding carboxylic acids is 1. The SMILES string of the molecule is COC(=O)c1ccc(OC2CC2)[c]([Al])c1. The van der Waals surface area contributed by atoms with Gasteiger partial charge >= 0.3 is 5.97 Å². The van der Waals surface area contributed by atoms with E-state index in [1.165, 1.54) is 7.11 Å². The standard InChI is InChI=1S/C11H11O3.Al/c1-13-11(12)8-2-4-9(5-3-8)14-10-6-7-10;/h2-4,10H,6-7H2,1H3;. The second kappa shape index (κ2) is 4.26. The zero-order chi connectivity index (χ0) is 10.8. The summed E-state index contributed by atoms with van der Waals surface area (Å²) in [5, 5.41) is 0. The summed E-state index contributed by atoms with van der Waals surface area (Å²) in [7, 11) is 1.37. The number of hydrogen-bond acceptors (Lipinski definition) is 3. The van der Waals surface area contributed by atoms with Crippen molar-refractivity contribution in [3.63, 3.8) is 0 Å². The van der Waals surface area contributed by atoms with Gasteiger partial charge in [-0.05, 0) is 25.0 Å². The van der Waals surface area contributed by atoms with Gasteiger partial charge in [0.2, 0.25) is 0 Å². The van der Waals surface area contributed by atoms with E-state index in [1.807, 2.05) is 6.07 Å². The number of hydrogen-bond donors (Lipinski definition) is 0. The molecule has 0 heterocycles. The largest absolute Gasteiger partial charge is 0.492 e. The first-order valence-corrected chi connectivity index (χ1v) is 5.43. The Morgan fingerprint density at radius 2 is 2.20 bits per heavy atom. The highest BCUT2D eigenvalue weighted by atomic mass is 27.0. The lowest BCUT2D eigenvalue weighted by Gasteiger charge is -2.09. The number of rotatable bonds is 3. The highest BCUT2D eigenvalue weighted by molar-refractivity contribution is 6.34. The van der Waals surface area contributed by atoms with Gasteiger partial charge < -0.3 is 9.47 Å². The number of benzene rings is 1. The molecule has 1 fully saturated rings. The summed E-state index contributed by atoms with van der Waals surface area (Å²) in [4.78, 5) is 11.2. The number of ether oxygens (including phenoxy) is 2. The molecule has 1 aromatic rings. The molecule has 3 nitrogen and oxygen atoms in total. The Morgan fingerprint density at radius 3 is 2.73 bits per heavy atom. The molecular formula is C11H11AlO3. The Hall–Kier alpha value is -0.978. The molecule has 76 valence electrons. The summed E-state index contributed by atoms with van der Waals surface area (Å²) in [6.07, 6.45) is 2.62. The number of esters is 1. The molecule has 1 aliphatic rings. The Kier molecular flexibility index (Phi) is 2.99. The van der Waals surface area contributed by atoms with Gasteiger partial charge in [-0.1, -0.05) is 10.5 Å². The third-order valence-corrected chi connectivity index (χ3v) is 2.70. The second-order valence-corrected chi connectivity index (χ2v) is 4.18. The van der Waals surface area contributed by atoms with Crippen LogP contribution < -0.4 is 9.16 Å².